The number of alkyl halides is 3. The number of carbonyl (C=O) groups is 2. The van der Waals surface area contributed by atoms with Gasteiger partial charge in [0, 0.05) is 11.8 Å². The third-order valence-corrected chi connectivity index (χ3v) is 5.51. The molecule has 0 fully saturated rings. The number of anilines is 2. The van der Waals surface area contributed by atoms with E-state index in [0.29, 0.717) is 11.3 Å². The van der Waals surface area contributed by atoms with Crippen LogP contribution < -0.4 is 15.0 Å². The third kappa shape index (κ3) is 4.26. The number of methoxy groups -OCH3 is 1. The molecule has 0 aliphatic carbocycles. The van der Waals surface area contributed by atoms with Crippen LogP contribution in [0.1, 0.15) is 22.3 Å². The van der Waals surface area contributed by atoms with Gasteiger partial charge < -0.3 is 10.1 Å². The second-order valence-electron chi connectivity index (χ2n) is 7.92. The molecule has 0 saturated heterocycles. The zero-order chi connectivity index (χ0) is 24.6. The molecule has 174 valence electrons. The zero-order valence-corrected chi connectivity index (χ0v) is 18.7. The highest BCUT2D eigenvalue weighted by Crippen LogP contribution is 2.37. The van der Waals surface area contributed by atoms with Crippen molar-refractivity contribution in [3.8, 4) is 5.75 Å². The molecule has 0 bridgehead atoms. The van der Waals surface area contributed by atoms with Crippen LogP contribution in [0.3, 0.4) is 0 Å². The lowest BCUT2D eigenvalue weighted by Crippen LogP contribution is -2.32. The van der Waals surface area contributed by atoms with Gasteiger partial charge >= 0.3 is 6.18 Å². The number of ether oxygens (including phenoxy) is 1. The minimum atomic E-state index is -4.55. The normalized spacial score (nSPS) is 14.1. The number of nitrogens with zero attached hydrogens (tertiary/aromatic N) is 1. The van der Waals surface area contributed by atoms with Crippen molar-refractivity contribution >= 4 is 28.8 Å². The number of nitrogens with one attached hydrogen (secondary N) is 1. The predicted octanol–water partition coefficient (Wildman–Crippen LogP) is 5.73. The Hall–Kier alpha value is -4.07. The van der Waals surface area contributed by atoms with Crippen LogP contribution in [0.2, 0.25) is 0 Å². The Bertz CT molecular complexity index is 1330. The second-order valence-corrected chi connectivity index (χ2v) is 7.92. The maximum Gasteiger partial charge on any atom is 0.416 e. The molecule has 3 aromatic rings. The lowest BCUT2D eigenvalue weighted by molar-refractivity contribution is -0.137. The Morgan fingerprint density at radius 1 is 0.882 bits per heavy atom. The lowest BCUT2D eigenvalue weighted by Gasteiger charge is -2.16. The van der Waals surface area contributed by atoms with Gasteiger partial charge in [0.2, 0.25) is 0 Å². The number of hydrogen-bond donors (Lipinski definition) is 1. The van der Waals surface area contributed by atoms with Gasteiger partial charge in [-0.05, 0) is 55.3 Å². The van der Waals surface area contributed by atoms with E-state index in [4.69, 9.17) is 4.74 Å². The SMILES string of the molecule is COc1cccc(N2C(=O)C(Nc3cccc(C(F)(F)F)c3)=C(c3ccc(C)cc3C)C2=O)c1. The molecule has 1 N–H and O–H groups in total. The first-order chi connectivity index (χ1) is 16.1. The number of hydrogen-bond acceptors (Lipinski definition) is 4. The Morgan fingerprint density at radius 3 is 2.29 bits per heavy atom. The summed E-state index contributed by atoms with van der Waals surface area (Å²) in [5.41, 5.74) is 1.69. The van der Waals surface area contributed by atoms with Crippen molar-refractivity contribution < 1.29 is 27.5 Å². The van der Waals surface area contributed by atoms with E-state index in [2.05, 4.69) is 5.32 Å². The molecule has 1 aliphatic heterocycles. The average Bonchev–Trinajstić information content (AvgIpc) is 3.03. The first-order valence-electron chi connectivity index (χ1n) is 10.4. The molecule has 5 nitrogen and oxygen atoms in total. The van der Waals surface area contributed by atoms with Gasteiger partial charge in [-0.2, -0.15) is 13.2 Å². The fourth-order valence-corrected chi connectivity index (χ4v) is 3.89. The number of rotatable bonds is 5. The van der Waals surface area contributed by atoms with Crippen molar-refractivity contribution in [2.24, 2.45) is 0 Å². The van der Waals surface area contributed by atoms with Crippen molar-refractivity contribution in [1.82, 2.24) is 0 Å². The van der Waals surface area contributed by atoms with E-state index in [9.17, 15) is 22.8 Å². The van der Waals surface area contributed by atoms with E-state index in [1.807, 2.05) is 26.0 Å². The summed E-state index contributed by atoms with van der Waals surface area (Å²) in [5, 5.41) is 2.79. The molecule has 2 amide bonds. The summed E-state index contributed by atoms with van der Waals surface area (Å²) >= 11 is 0. The minimum absolute atomic E-state index is 0.0423. The summed E-state index contributed by atoms with van der Waals surface area (Å²) in [7, 11) is 1.46. The fraction of sp³-hybridized carbons (Fsp3) is 0.154. The van der Waals surface area contributed by atoms with Crippen molar-refractivity contribution in [3.63, 3.8) is 0 Å². The molecule has 0 aromatic heterocycles. The van der Waals surface area contributed by atoms with Gasteiger partial charge in [0.05, 0.1) is 23.9 Å². The second kappa shape index (κ2) is 8.70. The predicted molar refractivity (Wildman–Crippen MR) is 123 cm³/mol. The van der Waals surface area contributed by atoms with E-state index in [1.54, 1.807) is 30.3 Å². The smallest absolute Gasteiger partial charge is 0.416 e. The summed E-state index contributed by atoms with van der Waals surface area (Å²) in [4.78, 5) is 28.0. The first kappa shape index (κ1) is 23.1. The molecule has 0 saturated carbocycles. The van der Waals surface area contributed by atoms with Crippen LogP contribution >= 0.6 is 0 Å². The van der Waals surface area contributed by atoms with E-state index in [1.165, 1.54) is 19.2 Å². The number of halogens is 3. The molecule has 1 aliphatic rings. The largest absolute Gasteiger partial charge is 0.497 e. The quantitative estimate of drug-likeness (QED) is 0.488. The maximum absolute atomic E-state index is 13.6. The molecule has 8 heteroatoms. The Labute approximate surface area is 194 Å². The molecule has 4 rings (SSSR count). The van der Waals surface area contributed by atoms with Crippen LogP contribution in [0.4, 0.5) is 24.5 Å². The Morgan fingerprint density at radius 2 is 1.62 bits per heavy atom. The molecule has 0 unspecified atom stereocenters. The summed E-state index contributed by atoms with van der Waals surface area (Å²) < 4.78 is 44.9. The summed E-state index contributed by atoms with van der Waals surface area (Å²) in [6, 6.07) is 16.4. The van der Waals surface area contributed by atoms with Crippen LogP contribution in [0, 0.1) is 13.8 Å². The molecule has 0 atom stereocenters. The van der Waals surface area contributed by atoms with Crippen molar-refractivity contribution in [2.75, 3.05) is 17.3 Å². The average molecular weight is 466 g/mol. The monoisotopic (exact) mass is 466 g/mol. The highest BCUT2D eigenvalue weighted by Gasteiger charge is 2.41. The van der Waals surface area contributed by atoms with Gasteiger partial charge in [-0.1, -0.05) is 35.9 Å². The van der Waals surface area contributed by atoms with Crippen LogP contribution in [0.25, 0.3) is 5.57 Å². The molecular formula is C26H21F3N2O3. The van der Waals surface area contributed by atoms with E-state index in [0.717, 1.165) is 28.2 Å². The van der Waals surface area contributed by atoms with E-state index >= 15 is 0 Å². The number of carbonyl (C=O) groups excluding carboxylic acids is 2. The topological polar surface area (TPSA) is 58.6 Å². The standard InChI is InChI=1S/C26H21F3N2O3/c1-15-10-11-21(16(2)12-15)22-23(30-18-7-4-6-17(13-18)26(27,28)29)25(33)31(24(22)32)19-8-5-9-20(14-19)34-3/h4-14,30H,1-3H3. The van der Waals surface area contributed by atoms with Crippen LogP contribution in [-0.2, 0) is 15.8 Å². The van der Waals surface area contributed by atoms with Crippen molar-refractivity contribution in [1.29, 1.82) is 0 Å². The van der Waals surface area contributed by atoms with Crippen LogP contribution in [0.15, 0.2) is 72.4 Å². The van der Waals surface area contributed by atoms with Gasteiger partial charge in [0.1, 0.15) is 11.4 Å². The summed E-state index contributed by atoms with van der Waals surface area (Å²) in [6.45, 7) is 3.71. The number of benzene rings is 3. The first-order valence-corrected chi connectivity index (χ1v) is 10.4. The van der Waals surface area contributed by atoms with Gasteiger partial charge in [-0.15, -0.1) is 0 Å². The van der Waals surface area contributed by atoms with Gasteiger partial charge in [-0.3, -0.25) is 9.59 Å². The minimum Gasteiger partial charge on any atom is -0.497 e. The van der Waals surface area contributed by atoms with Crippen LogP contribution in [-0.4, -0.2) is 18.9 Å². The molecule has 34 heavy (non-hydrogen) atoms. The maximum atomic E-state index is 13.6. The van der Waals surface area contributed by atoms with Gasteiger partial charge in [0.25, 0.3) is 11.8 Å². The van der Waals surface area contributed by atoms with Gasteiger partial charge in [0.15, 0.2) is 0 Å². The van der Waals surface area contributed by atoms with Crippen molar-refractivity contribution in [2.45, 2.75) is 20.0 Å². The fourth-order valence-electron chi connectivity index (χ4n) is 3.89. The summed E-state index contributed by atoms with van der Waals surface area (Å²) in [5.74, 6) is -0.809. The van der Waals surface area contributed by atoms with Crippen molar-refractivity contribution in [3.05, 3.63) is 94.7 Å². The molecule has 3 aromatic carbocycles. The lowest BCUT2D eigenvalue weighted by atomic mass is 9.97. The summed E-state index contributed by atoms with van der Waals surface area (Å²) in [6.07, 6.45) is -4.55. The number of amides is 2. The highest BCUT2D eigenvalue weighted by molar-refractivity contribution is 6.46. The Balaban J connectivity index is 1.85. The molecular weight excluding hydrogens is 445 g/mol. The third-order valence-electron chi connectivity index (χ3n) is 5.51. The number of aryl methyl sites for hydroxylation is 2. The zero-order valence-electron chi connectivity index (χ0n) is 18.7. The number of imide groups is 1. The van der Waals surface area contributed by atoms with E-state index in [-0.39, 0.29) is 22.6 Å². The highest BCUT2D eigenvalue weighted by atomic mass is 19.4. The van der Waals surface area contributed by atoms with Crippen LogP contribution in [0.5, 0.6) is 5.75 Å². The Kier molecular flexibility index (Phi) is 5.91. The van der Waals surface area contributed by atoms with Gasteiger partial charge in [-0.25, -0.2) is 4.90 Å². The van der Waals surface area contributed by atoms with E-state index < -0.39 is 23.6 Å². The molecule has 0 radical (unpaired) electrons. The molecule has 0 spiro atoms. The molecule has 1 heterocycles.